The second-order valence-electron chi connectivity index (χ2n) is 2.73. The Morgan fingerprint density at radius 1 is 1.47 bits per heavy atom. The Hall–Kier alpha value is -1.53. The second-order valence-corrected chi connectivity index (χ2v) is 2.73. The maximum Gasteiger partial charge on any atom is 0.471 e. The quantitative estimate of drug-likeness (QED) is 0.688. The minimum absolute atomic E-state index is 0.124. The van der Waals surface area contributed by atoms with Crippen LogP contribution in [0.1, 0.15) is 12.8 Å². The third-order valence-electron chi connectivity index (χ3n) is 1.52. The van der Waals surface area contributed by atoms with Crippen molar-refractivity contribution in [2.45, 2.75) is 25.1 Å². The number of carbonyl (C=O) groups excluding carboxylic acids is 1. The van der Waals surface area contributed by atoms with Gasteiger partial charge in [-0.3, -0.25) is 4.79 Å². The van der Waals surface area contributed by atoms with Crippen LogP contribution in [0.4, 0.5) is 13.2 Å². The van der Waals surface area contributed by atoms with Crippen LogP contribution in [0.3, 0.4) is 0 Å². The summed E-state index contributed by atoms with van der Waals surface area (Å²) in [5.41, 5.74) is 0. The highest BCUT2D eigenvalue weighted by molar-refractivity contribution is 5.86. The van der Waals surface area contributed by atoms with Crippen molar-refractivity contribution in [3.05, 3.63) is 12.7 Å². The number of carboxylic acid groups (broad SMARTS) is 1. The van der Waals surface area contributed by atoms with Crippen molar-refractivity contribution >= 4 is 11.9 Å². The first kappa shape index (κ1) is 13.5. The lowest BCUT2D eigenvalue weighted by atomic mass is 10.1. The van der Waals surface area contributed by atoms with E-state index in [1.165, 1.54) is 11.4 Å². The van der Waals surface area contributed by atoms with Gasteiger partial charge in [0.25, 0.3) is 0 Å². The number of amides is 1. The highest BCUT2D eigenvalue weighted by atomic mass is 19.4. The van der Waals surface area contributed by atoms with Gasteiger partial charge in [-0.2, -0.15) is 13.2 Å². The number of aliphatic carboxylic acids is 1. The first-order chi connectivity index (χ1) is 6.79. The predicted molar refractivity (Wildman–Crippen MR) is 45.1 cm³/mol. The largest absolute Gasteiger partial charge is 0.480 e. The topological polar surface area (TPSA) is 66.4 Å². The maximum absolute atomic E-state index is 11.8. The summed E-state index contributed by atoms with van der Waals surface area (Å²) >= 11 is 0. The van der Waals surface area contributed by atoms with E-state index in [0.717, 1.165) is 0 Å². The van der Waals surface area contributed by atoms with Gasteiger partial charge < -0.3 is 10.4 Å². The summed E-state index contributed by atoms with van der Waals surface area (Å²) in [6.07, 6.45) is -3.63. The van der Waals surface area contributed by atoms with Gasteiger partial charge in [0, 0.05) is 0 Å². The molecule has 15 heavy (non-hydrogen) atoms. The van der Waals surface area contributed by atoms with Crippen LogP contribution in [-0.2, 0) is 9.59 Å². The molecule has 0 saturated carbocycles. The Morgan fingerprint density at radius 3 is 2.33 bits per heavy atom. The summed E-state index contributed by atoms with van der Waals surface area (Å²) < 4.78 is 35.3. The normalized spacial score (nSPS) is 13.0. The number of hydrogen-bond donors (Lipinski definition) is 2. The molecule has 0 fully saturated rings. The Balaban J connectivity index is 4.35. The molecule has 1 amide bonds. The van der Waals surface area contributed by atoms with Crippen LogP contribution in [0.5, 0.6) is 0 Å². The van der Waals surface area contributed by atoms with Gasteiger partial charge in [0.1, 0.15) is 6.04 Å². The number of alkyl halides is 3. The van der Waals surface area contributed by atoms with Crippen molar-refractivity contribution in [1.82, 2.24) is 5.32 Å². The molecule has 0 bridgehead atoms. The molecule has 0 aliphatic carbocycles. The molecule has 0 aromatic heterocycles. The lowest BCUT2D eigenvalue weighted by molar-refractivity contribution is -0.175. The molecule has 86 valence electrons. The summed E-state index contributed by atoms with van der Waals surface area (Å²) in [5.74, 6) is -3.76. The average Bonchev–Trinajstić information content (AvgIpc) is 2.09. The fourth-order valence-electron chi connectivity index (χ4n) is 0.782. The van der Waals surface area contributed by atoms with E-state index in [2.05, 4.69) is 6.58 Å². The summed E-state index contributed by atoms with van der Waals surface area (Å²) in [6, 6.07) is -1.54. The molecule has 0 aliphatic heterocycles. The molecule has 0 aromatic carbocycles. The summed E-state index contributed by atoms with van der Waals surface area (Å²) in [5, 5.41) is 9.88. The van der Waals surface area contributed by atoms with Gasteiger partial charge in [-0.25, -0.2) is 4.79 Å². The van der Waals surface area contributed by atoms with E-state index in [9.17, 15) is 22.8 Å². The lowest BCUT2D eigenvalue weighted by Crippen LogP contribution is -2.46. The van der Waals surface area contributed by atoms with Crippen LogP contribution < -0.4 is 5.32 Å². The first-order valence-electron chi connectivity index (χ1n) is 4.00. The monoisotopic (exact) mass is 225 g/mol. The van der Waals surface area contributed by atoms with Gasteiger partial charge in [-0.1, -0.05) is 6.08 Å². The molecule has 0 saturated heterocycles. The van der Waals surface area contributed by atoms with Gasteiger partial charge in [-0.05, 0) is 12.8 Å². The minimum Gasteiger partial charge on any atom is -0.480 e. The van der Waals surface area contributed by atoms with Gasteiger partial charge in [0.05, 0.1) is 0 Å². The summed E-state index contributed by atoms with van der Waals surface area (Å²) in [4.78, 5) is 20.9. The van der Waals surface area contributed by atoms with Crippen molar-refractivity contribution in [2.75, 3.05) is 0 Å². The highest BCUT2D eigenvalue weighted by Gasteiger charge is 2.40. The van der Waals surface area contributed by atoms with E-state index in [-0.39, 0.29) is 12.8 Å². The van der Waals surface area contributed by atoms with E-state index >= 15 is 0 Å². The van der Waals surface area contributed by atoms with Crippen molar-refractivity contribution < 1.29 is 27.9 Å². The van der Waals surface area contributed by atoms with Gasteiger partial charge in [0.15, 0.2) is 0 Å². The Morgan fingerprint density at radius 2 is 2.00 bits per heavy atom. The van der Waals surface area contributed by atoms with Crippen molar-refractivity contribution in [2.24, 2.45) is 0 Å². The maximum atomic E-state index is 11.8. The lowest BCUT2D eigenvalue weighted by Gasteiger charge is -2.14. The molecule has 2 N–H and O–H groups in total. The molecule has 4 nitrogen and oxygen atoms in total. The zero-order chi connectivity index (χ0) is 12.1. The smallest absolute Gasteiger partial charge is 0.471 e. The summed E-state index contributed by atoms with van der Waals surface area (Å²) in [6.45, 7) is 3.29. The molecule has 0 unspecified atom stereocenters. The number of carboxylic acids is 1. The minimum atomic E-state index is -5.07. The number of halogens is 3. The van der Waals surface area contributed by atoms with E-state index in [0.29, 0.717) is 0 Å². The molecule has 0 rings (SSSR count). The third kappa shape index (κ3) is 5.04. The van der Waals surface area contributed by atoms with E-state index in [1.54, 1.807) is 0 Å². The number of nitrogens with one attached hydrogen (secondary N) is 1. The second kappa shape index (κ2) is 5.38. The number of carbonyl (C=O) groups is 2. The SMILES string of the molecule is C=CCC[C@H](NC(=O)C(F)(F)F)C(=O)O. The number of allylic oxidation sites excluding steroid dienone is 1. The Bertz CT molecular complexity index is 262. The van der Waals surface area contributed by atoms with Crippen molar-refractivity contribution in [1.29, 1.82) is 0 Å². The van der Waals surface area contributed by atoms with E-state index < -0.39 is 24.1 Å². The first-order valence-corrected chi connectivity index (χ1v) is 4.00. The van der Waals surface area contributed by atoms with Gasteiger partial charge in [-0.15, -0.1) is 6.58 Å². The Labute approximate surface area is 83.8 Å². The van der Waals surface area contributed by atoms with Crippen LogP contribution in [0.15, 0.2) is 12.7 Å². The van der Waals surface area contributed by atoms with Crippen molar-refractivity contribution in [3.8, 4) is 0 Å². The van der Waals surface area contributed by atoms with E-state index in [4.69, 9.17) is 5.11 Å². The van der Waals surface area contributed by atoms with Crippen LogP contribution in [-0.4, -0.2) is 29.2 Å². The molecule has 7 heteroatoms. The molecule has 0 aromatic rings. The average molecular weight is 225 g/mol. The van der Waals surface area contributed by atoms with Crippen LogP contribution >= 0.6 is 0 Å². The van der Waals surface area contributed by atoms with E-state index in [1.807, 2.05) is 0 Å². The molecular formula is C8H10F3NO3. The molecule has 0 heterocycles. The van der Waals surface area contributed by atoms with Crippen LogP contribution in [0.25, 0.3) is 0 Å². The van der Waals surface area contributed by atoms with Gasteiger partial charge in [0.2, 0.25) is 0 Å². The molecule has 0 aliphatic rings. The molecule has 0 spiro atoms. The fourth-order valence-corrected chi connectivity index (χ4v) is 0.782. The standard InChI is InChI=1S/C8H10F3NO3/c1-2-3-4-5(6(13)14)12-7(15)8(9,10)11/h2,5H,1,3-4H2,(H,12,15)(H,13,14)/t5-/m0/s1. The third-order valence-corrected chi connectivity index (χ3v) is 1.52. The molecular weight excluding hydrogens is 215 g/mol. The Kier molecular flexibility index (Phi) is 4.83. The zero-order valence-corrected chi connectivity index (χ0v) is 7.67. The molecule has 1 atom stereocenters. The van der Waals surface area contributed by atoms with Crippen molar-refractivity contribution in [3.63, 3.8) is 0 Å². The number of hydrogen-bond acceptors (Lipinski definition) is 2. The number of rotatable bonds is 5. The van der Waals surface area contributed by atoms with Crippen LogP contribution in [0.2, 0.25) is 0 Å². The summed E-state index contributed by atoms with van der Waals surface area (Å²) in [7, 11) is 0. The van der Waals surface area contributed by atoms with Gasteiger partial charge >= 0.3 is 18.1 Å². The molecule has 0 radical (unpaired) electrons. The predicted octanol–water partition coefficient (Wildman–Crippen LogP) is 1.08. The fraction of sp³-hybridized carbons (Fsp3) is 0.500. The highest BCUT2D eigenvalue weighted by Crippen LogP contribution is 2.15. The van der Waals surface area contributed by atoms with Crippen LogP contribution in [0, 0.1) is 0 Å². The zero-order valence-electron chi connectivity index (χ0n) is 7.67.